The van der Waals surface area contributed by atoms with Gasteiger partial charge >= 0.3 is 0 Å². The molecule has 0 radical (unpaired) electrons. The van der Waals surface area contributed by atoms with Gasteiger partial charge in [0, 0.05) is 18.3 Å². The van der Waals surface area contributed by atoms with Crippen molar-refractivity contribution in [3.8, 4) is 0 Å². The van der Waals surface area contributed by atoms with E-state index in [9.17, 15) is 9.18 Å². The summed E-state index contributed by atoms with van der Waals surface area (Å²) in [6.45, 7) is 3.75. The van der Waals surface area contributed by atoms with Gasteiger partial charge in [0.15, 0.2) is 0 Å². The SMILES string of the molecule is CCC(C)(CCO)NC(=O)c1cncc(F)c1. The van der Waals surface area contributed by atoms with Gasteiger partial charge in [0.25, 0.3) is 5.91 Å². The Morgan fingerprint density at radius 1 is 1.59 bits per heavy atom. The van der Waals surface area contributed by atoms with Crippen molar-refractivity contribution < 1.29 is 14.3 Å². The number of hydrogen-bond donors (Lipinski definition) is 2. The lowest BCUT2D eigenvalue weighted by Gasteiger charge is -2.28. The van der Waals surface area contributed by atoms with Gasteiger partial charge in [0.1, 0.15) is 5.82 Å². The first-order valence-electron chi connectivity index (χ1n) is 5.54. The summed E-state index contributed by atoms with van der Waals surface area (Å²) in [5.41, 5.74) is -0.305. The number of amides is 1. The summed E-state index contributed by atoms with van der Waals surface area (Å²) < 4.78 is 12.9. The molecule has 0 aliphatic carbocycles. The van der Waals surface area contributed by atoms with Crippen molar-refractivity contribution >= 4 is 5.91 Å². The highest BCUT2D eigenvalue weighted by Crippen LogP contribution is 2.15. The second-order valence-electron chi connectivity index (χ2n) is 4.23. The number of aromatic nitrogens is 1. The predicted molar refractivity (Wildman–Crippen MR) is 62.1 cm³/mol. The maximum absolute atomic E-state index is 12.9. The molecule has 17 heavy (non-hydrogen) atoms. The van der Waals surface area contributed by atoms with E-state index >= 15 is 0 Å². The fourth-order valence-electron chi connectivity index (χ4n) is 1.46. The zero-order valence-electron chi connectivity index (χ0n) is 10.0. The van der Waals surface area contributed by atoms with E-state index in [0.29, 0.717) is 12.8 Å². The zero-order chi connectivity index (χ0) is 12.9. The van der Waals surface area contributed by atoms with E-state index in [1.54, 1.807) is 0 Å². The molecule has 1 amide bonds. The van der Waals surface area contributed by atoms with Crippen LogP contribution in [0, 0.1) is 5.82 Å². The lowest BCUT2D eigenvalue weighted by atomic mass is 9.94. The van der Waals surface area contributed by atoms with Crippen LogP contribution in [0.2, 0.25) is 0 Å². The number of hydrogen-bond acceptors (Lipinski definition) is 3. The molecule has 1 aromatic heterocycles. The van der Waals surface area contributed by atoms with Crippen molar-refractivity contribution in [2.24, 2.45) is 0 Å². The molecular formula is C12H17FN2O2. The number of pyridine rings is 1. The van der Waals surface area contributed by atoms with E-state index < -0.39 is 11.4 Å². The molecule has 94 valence electrons. The maximum atomic E-state index is 12.9. The molecule has 1 rings (SSSR count). The van der Waals surface area contributed by atoms with Crippen LogP contribution in [0.1, 0.15) is 37.0 Å². The van der Waals surface area contributed by atoms with Crippen molar-refractivity contribution in [2.45, 2.75) is 32.2 Å². The molecular weight excluding hydrogens is 223 g/mol. The second kappa shape index (κ2) is 5.72. The molecule has 0 fully saturated rings. The second-order valence-corrected chi connectivity index (χ2v) is 4.23. The highest BCUT2D eigenvalue weighted by atomic mass is 19.1. The van der Waals surface area contributed by atoms with E-state index in [1.165, 1.54) is 6.20 Å². The number of aliphatic hydroxyl groups excluding tert-OH is 1. The number of nitrogens with one attached hydrogen (secondary N) is 1. The summed E-state index contributed by atoms with van der Waals surface area (Å²) in [5, 5.41) is 11.7. The molecule has 5 heteroatoms. The average Bonchev–Trinajstić information content (AvgIpc) is 2.29. The van der Waals surface area contributed by atoms with Crippen LogP contribution in [0.4, 0.5) is 4.39 Å². The molecule has 0 aliphatic rings. The van der Waals surface area contributed by atoms with E-state index in [4.69, 9.17) is 5.11 Å². The molecule has 4 nitrogen and oxygen atoms in total. The summed E-state index contributed by atoms with van der Waals surface area (Å²) in [6.07, 6.45) is 3.50. The van der Waals surface area contributed by atoms with Gasteiger partial charge in [0.2, 0.25) is 0 Å². The van der Waals surface area contributed by atoms with Crippen LogP contribution in [0.5, 0.6) is 0 Å². The smallest absolute Gasteiger partial charge is 0.253 e. The van der Waals surface area contributed by atoms with E-state index in [-0.39, 0.29) is 18.1 Å². The molecule has 1 aromatic rings. The van der Waals surface area contributed by atoms with E-state index in [2.05, 4.69) is 10.3 Å². The summed E-state index contributed by atoms with van der Waals surface area (Å²) in [6, 6.07) is 1.14. The van der Waals surface area contributed by atoms with Crippen LogP contribution in [0.15, 0.2) is 18.5 Å². The zero-order valence-corrected chi connectivity index (χ0v) is 10.0. The molecule has 0 aliphatic heterocycles. The third-order valence-electron chi connectivity index (χ3n) is 2.83. The number of halogens is 1. The van der Waals surface area contributed by atoms with Crippen LogP contribution in [-0.4, -0.2) is 28.1 Å². The maximum Gasteiger partial charge on any atom is 0.253 e. The predicted octanol–water partition coefficient (Wildman–Crippen LogP) is 1.50. The summed E-state index contributed by atoms with van der Waals surface area (Å²) in [5.74, 6) is -0.923. The van der Waals surface area contributed by atoms with Crippen LogP contribution < -0.4 is 5.32 Å². The van der Waals surface area contributed by atoms with Crippen LogP contribution in [0.3, 0.4) is 0 Å². The highest BCUT2D eigenvalue weighted by molar-refractivity contribution is 5.94. The molecule has 1 heterocycles. The topological polar surface area (TPSA) is 62.2 Å². The van der Waals surface area contributed by atoms with Gasteiger partial charge < -0.3 is 10.4 Å². The number of nitrogens with zero attached hydrogens (tertiary/aromatic N) is 1. The Kier molecular flexibility index (Phi) is 4.57. The molecule has 0 spiro atoms. The average molecular weight is 240 g/mol. The van der Waals surface area contributed by atoms with Crippen molar-refractivity contribution in [2.75, 3.05) is 6.61 Å². The van der Waals surface area contributed by atoms with E-state index in [1.807, 2.05) is 13.8 Å². The van der Waals surface area contributed by atoms with Gasteiger partial charge in [-0.05, 0) is 25.8 Å². The van der Waals surface area contributed by atoms with Gasteiger partial charge in [-0.3, -0.25) is 9.78 Å². The van der Waals surface area contributed by atoms with Gasteiger partial charge in [-0.1, -0.05) is 6.92 Å². The van der Waals surface area contributed by atoms with Crippen LogP contribution >= 0.6 is 0 Å². The molecule has 0 saturated heterocycles. The normalized spacial score (nSPS) is 14.1. The van der Waals surface area contributed by atoms with Crippen LogP contribution in [0.25, 0.3) is 0 Å². The number of carbonyl (C=O) groups excluding carboxylic acids is 1. The molecule has 1 atom stereocenters. The summed E-state index contributed by atoms with van der Waals surface area (Å²) in [4.78, 5) is 15.5. The first-order valence-corrected chi connectivity index (χ1v) is 5.54. The van der Waals surface area contributed by atoms with Crippen molar-refractivity contribution in [3.63, 3.8) is 0 Å². The van der Waals surface area contributed by atoms with Gasteiger partial charge in [0.05, 0.1) is 11.8 Å². The van der Waals surface area contributed by atoms with E-state index in [0.717, 1.165) is 12.3 Å². The fraction of sp³-hybridized carbons (Fsp3) is 0.500. The number of aliphatic hydroxyl groups is 1. The molecule has 0 saturated carbocycles. The summed E-state index contributed by atoms with van der Waals surface area (Å²) in [7, 11) is 0. The third kappa shape index (κ3) is 3.78. The lowest BCUT2D eigenvalue weighted by Crippen LogP contribution is -2.46. The fourth-order valence-corrected chi connectivity index (χ4v) is 1.46. The lowest BCUT2D eigenvalue weighted by molar-refractivity contribution is 0.0885. The Balaban J connectivity index is 2.77. The third-order valence-corrected chi connectivity index (χ3v) is 2.83. The molecule has 0 bridgehead atoms. The largest absolute Gasteiger partial charge is 0.396 e. The minimum atomic E-state index is -0.544. The first kappa shape index (κ1) is 13.6. The van der Waals surface area contributed by atoms with Gasteiger partial charge in [-0.25, -0.2) is 4.39 Å². The highest BCUT2D eigenvalue weighted by Gasteiger charge is 2.24. The van der Waals surface area contributed by atoms with Crippen molar-refractivity contribution in [3.05, 3.63) is 29.8 Å². The van der Waals surface area contributed by atoms with Gasteiger partial charge in [-0.15, -0.1) is 0 Å². The minimum Gasteiger partial charge on any atom is -0.396 e. The number of carbonyl (C=O) groups is 1. The summed E-state index contributed by atoms with van der Waals surface area (Å²) >= 11 is 0. The van der Waals surface area contributed by atoms with Crippen molar-refractivity contribution in [1.82, 2.24) is 10.3 Å². The Labute approximate surface area is 99.9 Å². The Morgan fingerprint density at radius 2 is 2.29 bits per heavy atom. The first-order chi connectivity index (χ1) is 8.00. The minimum absolute atomic E-state index is 0.00792. The quantitative estimate of drug-likeness (QED) is 0.820. The van der Waals surface area contributed by atoms with Crippen molar-refractivity contribution in [1.29, 1.82) is 0 Å². The van der Waals surface area contributed by atoms with Gasteiger partial charge in [-0.2, -0.15) is 0 Å². The monoisotopic (exact) mass is 240 g/mol. The Bertz CT molecular complexity index is 398. The Morgan fingerprint density at radius 3 is 2.82 bits per heavy atom. The molecule has 1 unspecified atom stereocenters. The van der Waals surface area contributed by atoms with Crippen LogP contribution in [-0.2, 0) is 0 Å². The Hall–Kier alpha value is -1.49. The molecule has 0 aromatic carbocycles. The number of rotatable bonds is 5. The molecule has 2 N–H and O–H groups in total. The standard InChI is InChI=1S/C12H17FN2O2/c1-3-12(2,4-5-16)15-11(17)9-6-10(13)8-14-7-9/h6-8,16H,3-5H2,1-2H3,(H,15,17).